The van der Waals surface area contributed by atoms with E-state index < -0.39 is 10.0 Å². The molecule has 0 atom stereocenters. The predicted molar refractivity (Wildman–Crippen MR) is 78.7 cm³/mol. The Bertz CT molecular complexity index is 624. The van der Waals surface area contributed by atoms with Gasteiger partial charge in [0.15, 0.2) is 0 Å². The number of ether oxygens (including phenoxy) is 1. The van der Waals surface area contributed by atoms with Crippen molar-refractivity contribution in [2.24, 2.45) is 11.1 Å². The lowest BCUT2D eigenvalue weighted by molar-refractivity contribution is 0.0952. The lowest BCUT2D eigenvalue weighted by Gasteiger charge is -2.11. The van der Waals surface area contributed by atoms with Crippen molar-refractivity contribution in [3.8, 4) is 5.75 Å². The lowest BCUT2D eigenvalue weighted by atomic mass is 10.2. The van der Waals surface area contributed by atoms with E-state index in [1.165, 1.54) is 31.0 Å². The highest BCUT2D eigenvalue weighted by atomic mass is 32.2. The second-order valence-electron chi connectivity index (χ2n) is 5.13. The maximum absolute atomic E-state index is 12.0. The first-order chi connectivity index (χ1) is 9.91. The molecule has 21 heavy (non-hydrogen) atoms. The Labute approximate surface area is 124 Å². The van der Waals surface area contributed by atoms with Crippen LogP contribution in [-0.4, -0.2) is 27.5 Å². The molecule has 0 bridgehead atoms. The number of nitrogens with one attached hydrogen (secondary N) is 1. The minimum Gasteiger partial charge on any atom is -0.492 e. The fourth-order valence-electron chi connectivity index (χ4n) is 2.04. The summed E-state index contributed by atoms with van der Waals surface area (Å²) in [5.74, 6) is 0.587. The van der Waals surface area contributed by atoms with Gasteiger partial charge in [0.05, 0.1) is 6.61 Å². The molecule has 0 aromatic heterocycles. The Balaban J connectivity index is 2.13. The standard InChI is InChI=1S/C14H20N2O4S/c1-2-20-12-6-5-11(9-13(12)21(15,18)19)14(17)16-8-7-10-3-4-10/h5-6,9-10H,2-4,7-8H2,1H3,(H,16,17)(H2,15,18,19). The SMILES string of the molecule is CCOc1ccc(C(=O)NCCC2CC2)cc1S(N)(=O)=O. The maximum atomic E-state index is 12.0. The number of rotatable bonds is 7. The summed E-state index contributed by atoms with van der Waals surface area (Å²) in [5, 5.41) is 7.95. The molecule has 0 aliphatic heterocycles. The quantitative estimate of drug-likeness (QED) is 0.792. The van der Waals surface area contributed by atoms with Crippen LogP contribution in [0.3, 0.4) is 0 Å². The number of primary sulfonamides is 1. The number of hydrogen-bond acceptors (Lipinski definition) is 4. The topological polar surface area (TPSA) is 98.5 Å². The van der Waals surface area contributed by atoms with Gasteiger partial charge in [-0.2, -0.15) is 0 Å². The first-order valence-corrected chi connectivity index (χ1v) is 8.54. The molecule has 3 N–H and O–H groups in total. The highest BCUT2D eigenvalue weighted by Crippen LogP contribution is 2.31. The van der Waals surface area contributed by atoms with Crippen molar-refractivity contribution >= 4 is 15.9 Å². The fraction of sp³-hybridized carbons (Fsp3) is 0.500. The molecule has 0 heterocycles. The molecule has 1 amide bonds. The minimum atomic E-state index is -3.94. The summed E-state index contributed by atoms with van der Waals surface area (Å²) in [5.41, 5.74) is 0.262. The van der Waals surface area contributed by atoms with E-state index in [1.54, 1.807) is 6.92 Å². The lowest BCUT2D eigenvalue weighted by Crippen LogP contribution is -2.25. The van der Waals surface area contributed by atoms with E-state index in [1.807, 2.05) is 0 Å². The molecular formula is C14H20N2O4S. The Morgan fingerprint density at radius 2 is 2.14 bits per heavy atom. The number of sulfonamides is 1. The number of benzene rings is 1. The monoisotopic (exact) mass is 312 g/mol. The van der Waals surface area contributed by atoms with Crippen LogP contribution in [-0.2, 0) is 10.0 Å². The van der Waals surface area contributed by atoms with Gasteiger partial charge in [-0.1, -0.05) is 12.8 Å². The normalized spacial score (nSPS) is 14.8. The Hall–Kier alpha value is -1.60. The zero-order valence-electron chi connectivity index (χ0n) is 12.0. The van der Waals surface area contributed by atoms with Crippen LogP contribution in [0.4, 0.5) is 0 Å². The van der Waals surface area contributed by atoms with Crippen molar-refractivity contribution in [2.45, 2.75) is 31.1 Å². The summed E-state index contributed by atoms with van der Waals surface area (Å²) >= 11 is 0. The van der Waals surface area contributed by atoms with E-state index in [2.05, 4.69) is 5.32 Å². The average Bonchev–Trinajstić information content (AvgIpc) is 3.22. The largest absolute Gasteiger partial charge is 0.492 e. The number of carbonyl (C=O) groups is 1. The van der Waals surface area contributed by atoms with E-state index in [0.29, 0.717) is 13.2 Å². The van der Waals surface area contributed by atoms with Crippen molar-refractivity contribution in [3.05, 3.63) is 23.8 Å². The van der Waals surface area contributed by atoms with Crippen LogP contribution in [0.15, 0.2) is 23.1 Å². The summed E-state index contributed by atoms with van der Waals surface area (Å²) in [4.78, 5) is 11.8. The molecule has 0 spiro atoms. The van der Waals surface area contributed by atoms with Gasteiger partial charge in [0.1, 0.15) is 10.6 Å². The number of nitrogens with two attached hydrogens (primary N) is 1. The first kappa shape index (κ1) is 15.8. The van der Waals surface area contributed by atoms with Gasteiger partial charge in [0.2, 0.25) is 10.0 Å². The highest BCUT2D eigenvalue weighted by Gasteiger charge is 2.21. The fourth-order valence-corrected chi connectivity index (χ4v) is 2.74. The molecule has 7 heteroatoms. The van der Waals surface area contributed by atoms with Gasteiger partial charge in [-0.25, -0.2) is 13.6 Å². The Morgan fingerprint density at radius 1 is 1.43 bits per heavy atom. The van der Waals surface area contributed by atoms with Gasteiger partial charge in [-0.05, 0) is 37.5 Å². The zero-order chi connectivity index (χ0) is 15.5. The van der Waals surface area contributed by atoms with Gasteiger partial charge in [-0.15, -0.1) is 0 Å². The van der Waals surface area contributed by atoms with E-state index in [9.17, 15) is 13.2 Å². The van der Waals surface area contributed by atoms with E-state index in [4.69, 9.17) is 9.88 Å². The third kappa shape index (κ3) is 4.44. The number of carbonyl (C=O) groups excluding carboxylic acids is 1. The summed E-state index contributed by atoms with van der Waals surface area (Å²) in [7, 11) is -3.94. The van der Waals surface area contributed by atoms with Crippen LogP contribution in [0, 0.1) is 5.92 Å². The molecule has 6 nitrogen and oxygen atoms in total. The summed E-state index contributed by atoms with van der Waals surface area (Å²) in [6.07, 6.45) is 3.42. The average molecular weight is 312 g/mol. The van der Waals surface area contributed by atoms with E-state index in [-0.39, 0.29) is 22.1 Å². The van der Waals surface area contributed by atoms with Crippen LogP contribution < -0.4 is 15.2 Å². The second kappa shape index (κ2) is 6.44. The molecule has 1 aliphatic carbocycles. The third-order valence-corrected chi connectivity index (χ3v) is 4.28. The van der Waals surface area contributed by atoms with Crippen molar-refractivity contribution in [3.63, 3.8) is 0 Å². The van der Waals surface area contributed by atoms with Crippen LogP contribution in [0.1, 0.15) is 36.5 Å². The van der Waals surface area contributed by atoms with Gasteiger partial charge in [0.25, 0.3) is 5.91 Å². The molecule has 1 saturated carbocycles. The van der Waals surface area contributed by atoms with Gasteiger partial charge in [-0.3, -0.25) is 4.79 Å². The van der Waals surface area contributed by atoms with Crippen LogP contribution in [0.25, 0.3) is 0 Å². The van der Waals surface area contributed by atoms with Gasteiger partial charge >= 0.3 is 0 Å². The summed E-state index contributed by atoms with van der Waals surface area (Å²) in [6.45, 7) is 2.66. The zero-order valence-corrected chi connectivity index (χ0v) is 12.8. The predicted octanol–water partition coefficient (Wildman–Crippen LogP) is 1.26. The summed E-state index contributed by atoms with van der Waals surface area (Å²) < 4.78 is 28.4. The summed E-state index contributed by atoms with van der Waals surface area (Å²) in [6, 6.07) is 4.25. The van der Waals surface area contributed by atoms with Crippen molar-refractivity contribution in [1.29, 1.82) is 0 Å². The molecule has 116 valence electrons. The van der Waals surface area contributed by atoms with E-state index >= 15 is 0 Å². The van der Waals surface area contributed by atoms with Crippen molar-refractivity contribution in [1.82, 2.24) is 5.32 Å². The maximum Gasteiger partial charge on any atom is 0.251 e. The molecule has 0 radical (unpaired) electrons. The molecule has 2 rings (SSSR count). The van der Waals surface area contributed by atoms with Crippen LogP contribution >= 0.6 is 0 Å². The smallest absolute Gasteiger partial charge is 0.251 e. The molecule has 1 aromatic carbocycles. The highest BCUT2D eigenvalue weighted by molar-refractivity contribution is 7.89. The van der Waals surface area contributed by atoms with Crippen molar-refractivity contribution in [2.75, 3.05) is 13.2 Å². The number of amides is 1. The molecular weight excluding hydrogens is 292 g/mol. The Kier molecular flexibility index (Phi) is 4.84. The number of hydrogen-bond donors (Lipinski definition) is 2. The minimum absolute atomic E-state index is 0.162. The van der Waals surface area contributed by atoms with Crippen LogP contribution in [0.2, 0.25) is 0 Å². The van der Waals surface area contributed by atoms with Crippen LogP contribution in [0.5, 0.6) is 5.75 Å². The molecule has 1 aromatic rings. The molecule has 0 unspecified atom stereocenters. The molecule has 0 saturated heterocycles. The van der Waals surface area contributed by atoms with Gasteiger partial charge in [0, 0.05) is 12.1 Å². The van der Waals surface area contributed by atoms with Gasteiger partial charge < -0.3 is 10.1 Å². The third-order valence-electron chi connectivity index (χ3n) is 3.35. The molecule has 1 fully saturated rings. The van der Waals surface area contributed by atoms with Crippen molar-refractivity contribution < 1.29 is 17.9 Å². The first-order valence-electron chi connectivity index (χ1n) is 6.99. The van der Waals surface area contributed by atoms with E-state index in [0.717, 1.165) is 12.3 Å². The Morgan fingerprint density at radius 3 is 2.71 bits per heavy atom. The molecule has 1 aliphatic rings. The second-order valence-corrected chi connectivity index (χ2v) is 6.66.